The normalized spacial score (nSPS) is 16.9. The third kappa shape index (κ3) is 4.41. The highest BCUT2D eigenvalue weighted by Gasteiger charge is 2.18. The van der Waals surface area contributed by atoms with Crippen molar-refractivity contribution in [1.29, 1.82) is 0 Å². The molecule has 0 saturated carbocycles. The summed E-state index contributed by atoms with van der Waals surface area (Å²) in [6, 6.07) is 5.22. The van der Waals surface area contributed by atoms with E-state index in [0.29, 0.717) is 10.6 Å². The average Bonchev–Trinajstić information content (AvgIpc) is 2.51. The van der Waals surface area contributed by atoms with E-state index in [4.69, 9.17) is 21.4 Å². The molecule has 6 heteroatoms. The number of hydrogen-bond acceptors (Lipinski definition) is 5. The number of halogens is 1. The average molecular weight is 313 g/mol. The fourth-order valence-corrected chi connectivity index (χ4v) is 2.67. The Balaban J connectivity index is 1.98. The monoisotopic (exact) mass is 312 g/mol. The van der Waals surface area contributed by atoms with Crippen molar-refractivity contribution in [3.63, 3.8) is 0 Å². The number of ether oxygens (including phenoxy) is 1. The SMILES string of the molecule is COC(=O)c1ccc(Cl)c(CN2CCN(CCO)CC2)c1. The van der Waals surface area contributed by atoms with E-state index in [9.17, 15) is 4.79 Å². The lowest BCUT2D eigenvalue weighted by Gasteiger charge is -2.34. The molecule has 0 unspecified atom stereocenters. The maximum atomic E-state index is 11.6. The third-order valence-corrected chi connectivity index (χ3v) is 4.11. The Morgan fingerprint density at radius 3 is 2.57 bits per heavy atom. The number of aliphatic hydroxyl groups is 1. The van der Waals surface area contributed by atoms with Crippen LogP contribution in [0.5, 0.6) is 0 Å². The molecule has 1 aliphatic heterocycles. The van der Waals surface area contributed by atoms with Crippen LogP contribution in [0.1, 0.15) is 15.9 Å². The summed E-state index contributed by atoms with van der Waals surface area (Å²) < 4.78 is 4.74. The van der Waals surface area contributed by atoms with Crippen LogP contribution in [-0.4, -0.2) is 67.3 Å². The van der Waals surface area contributed by atoms with Gasteiger partial charge in [0.25, 0.3) is 0 Å². The Morgan fingerprint density at radius 1 is 1.29 bits per heavy atom. The highest BCUT2D eigenvalue weighted by Crippen LogP contribution is 2.20. The molecule has 0 bridgehead atoms. The zero-order valence-corrected chi connectivity index (χ0v) is 13.0. The van der Waals surface area contributed by atoms with Crippen molar-refractivity contribution >= 4 is 17.6 Å². The Morgan fingerprint density at radius 2 is 1.95 bits per heavy atom. The number of rotatable bonds is 5. The second-order valence-electron chi connectivity index (χ2n) is 5.14. The Bertz CT molecular complexity index is 488. The van der Waals surface area contributed by atoms with Gasteiger partial charge in [-0.15, -0.1) is 0 Å². The lowest BCUT2D eigenvalue weighted by atomic mass is 10.1. The maximum Gasteiger partial charge on any atom is 0.337 e. The number of nitrogens with zero attached hydrogens (tertiary/aromatic N) is 2. The number of hydrogen-bond donors (Lipinski definition) is 1. The molecular formula is C15H21ClN2O3. The fraction of sp³-hybridized carbons (Fsp3) is 0.533. The predicted octanol–water partition coefficient (Wildman–Crippen LogP) is 1.24. The Hall–Kier alpha value is -1.14. The quantitative estimate of drug-likeness (QED) is 0.829. The summed E-state index contributed by atoms with van der Waals surface area (Å²) in [5, 5.41) is 9.61. The van der Waals surface area contributed by atoms with Gasteiger partial charge in [-0.2, -0.15) is 0 Å². The first-order valence-corrected chi connectivity index (χ1v) is 7.44. The van der Waals surface area contributed by atoms with Crippen LogP contribution in [0, 0.1) is 0 Å². The Kier molecular flexibility index (Phi) is 5.99. The van der Waals surface area contributed by atoms with Crippen LogP contribution in [0.4, 0.5) is 0 Å². The molecule has 2 rings (SSSR count). The van der Waals surface area contributed by atoms with Crippen LogP contribution in [0.15, 0.2) is 18.2 Å². The van der Waals surface area contributed by atoms with Gasteiger partial charge in [0.15, 0.2) is 0 Å². The smallest absolute Gasteiger partial charge is 0.337 e. The van der Waals surface area contributed by atoms with Gasteiger partial charge in [0.1, 0.15) is 0 Å². The minimum absolute atomic E-state index is 0.201. The number of piperazine rings is 1. The number of benzene rings is 1. The van der Waals surface area contributed by atoms with Crippen LogP contribution in [0.2, 0.25) is 5.02 Å². The van der Waals surface area contributed by atoms with E-state index in [1.807, 2.05) is 0 Å². The zero-order chi connectivity index (χ0) is 15.2. The fourth-order valence-electron chi connectivity index (χ4n) is 2.49. The van der Waals surface area contributed by atoms with Crippen LogP contribution in [0.25, 0.3) is 0 Å². The van der Waals surface area contributed by atoms with Crippen molar-refractivity contribution in [3.05, 3.63) is 34.3 Å². The lowest BCUT2D eigenvalue weighted by molar-refractivity contribution is 0.0600. The standard InChI is InChI=1S/C15H21ClN2O3/c1-21-15(20)12-2-3-14(16)13(10-12)11-18-6-4-17(5-7-18)8-9-19/h2-3,10,19H,4-9,11H2,1H3. The second kappa shape index (κ2) is 7.75. The minimum atomic E-state index is -0.347. The number of β-amino-alcohol motifs (C(OH)–C–C–N with tert-alkyl or cyclic N) is 1. The molecule has 1 aromatic carbocycles. The molecule has 116 valence electrons. The second-order valence-corrected chi connectivity index (χ2v) is 5.55. The number of methoxy groups -OCH3 is 1. The molecule has 0 aliphatic carbocycles. The molecule has 1 saturated heterocycles. The lowest BCUT2D eigenvalue weighted by Crippen LogP contribution is -2.46. The number of aliphatic hydroxyl groups excluding tert-OH is 1. The van der Waals surface area contributed by atoms with Crippen molar-refractivity contribution < 1.29 is 14.6 Å². The third-order valence-electron chi connectivity index (χ3n) is 3.74. The van der Waals surface area contributed by atoms with Gasteiger partial charge < -0.3 is 9.84 Å². The van der Waals surface area contributed by atoms with E-state index < -0.39 is 0 Å². The summed E-state index contributed by atoms with van der Waals surface area (Å²) in [5.74, 6) is -0.347. The van der Waals surface area contributed by atoms with E-state index in [1.54, 1.807) is 18.2 Å². The number of esters is 1. The molecule has 1 heterocycles. The van der Waals surface area contributed by atoms with Crippen molar-refractivity contribution in [3.8, 4) is 0 Å². The van der Waals surface area contributed by atoms with E-state index in [2.05, 4.69) is 9.80 Å². The van der Waals surface area contributed by atoms with Gasteiger partial charge >= 0.3 is 5.97 Å². The number of carbonyl (C=O) groups excluding carboxylic acids is 1. The summed E-state index contributed by atoms with van der Waals surface area (Å²) in [5.41, 5.74) is 1.46. The van der Waals surface area contributed by atoms with Crippen LogP contribution >= 0.6 is 11.6 Å². The number of carbonyl (C=O) groups is 1. The summed E-state index contributed by atoms with van der Waals surface area (Å²) in [6.45, 7) is 5.39. The van der Waals surface area contributed by atoms with Crippen molar-refractivity contribution in [2.45, 2.75) is 6.54 Å². The molecule has 1 aromatic rings. The largest absolute Gasteiger partial charge is 0.465 e. The zero-order valence-electron chi connectivity index (χ0n) is 12.2. The van der Waals surface area contributed by atoms with Gasteiger partial charge in [0.05, 0.1) is 19.3 Å². The van der Waals surface area contributed by atoms with Crippen molar-refractivity contribution in [2.75, 3.05) is 46.4 Å². The summed E-state index contributed by atoms with van der Waals surface area (Å²) in [6.07, 6.45) is 0. The van der Waals surface area contributed by atoms with E-state index in [-0.39, 0.29) is 12.6 Å². The topological polar surface area (TPSA) is 53.0 Å². The summed E-state index contributed by atoms with van der Waals surface area (Å²) in [4.78, 5) is 16.1. The van der Waals surface area contributed by atoms with Gasteiger partial charge in [-0.05, 0) is 23.8 Å². The highest BCUT2D eigenvalue weighted by molar-refractivity contribution is 6.31. The molecule has 0 atom stereocenters. The Labute approximate surface area is 130 Å². The van der Waals surface area contributed by atoms with Gasteiger partial charge in [-0.1, -0.05) is 11.6 Å². The van der Waals surface area contributed by atoms with Crippen LogP contribution in [0.3, 0.4) is 0 Å². The molecule has 0 spiro atoms. The van der Waals surface area contributed by atoms with E-state index >= 15 is 0 Å². The van der Waals surface area contributed by atoms with Gasteiger partial charge in [-0.25, -0.2) is 4.79 Å². The van der Waals surface area contributed by atoms with Crippen molar-refractivity contribution in [2.24, 2.45) is 0 Å². The molecule has 1 aliphatic rings. The first kappa shape index (κ1) is 16.2. The van der Waals surface area contributed by atoms with Crippen LogP contribution in [-0.2, 0) is 11.3 Å². The molecule has 5 nitrogen and oxygen atoms in total. The molecule has 1 fully saturated rings. The molecule has 21 heavy (non-hydrogen) atoms. The summed E-state index contributed by atoms with van der Waals surface area (Å²) in [7, 11) is 1.37. The maximum absolute atomic E-state index is 11.6. The molecular weight excluding hydrogens is 292 g/mol. The van der Waals surface area contributed by atoms with Gasteiger partial charge in [0, 0.05) is 44.3 Å². The molecule has 0 aromatic heterocycles. The van der Waals surface area contributed by atoms with Crippen LogP contribution < -0.4 is 0 Å². The van der Waals surface area contributed by atoms with E-state index in [0.717, 1.165) is 44.8 Å². The van der Waals surface area contributed by atoms with Gasteiger partial charge in [-0.3, -0.25) is 9.80 Å². The first-order valence-electron chi connectivity index (χ1n) is 7.06. The molecule has 0 amide bonds. The highest BCUT2D eigenvalue weighted by atomic mass is 35.5. The van der Waals surface area contributed by atoms with Crippen molar-refractivity contribution in [1.82, 2.24) is 9.80 Å². The first-order chi connectivity index (χ1) is 10.1. The predicted molar refractivity (Wildman–Crippen MR) is 81.6 cm³/mol. The molecule has 0 radical (unpaired) electrons. The van der Waals surface area contributed by atoms with Gasteiger partial charge in [0.2, 0.25) is 0 Å². The molecule has 1 N–H and O–H groups in total. The van der Waals surface area contributed by atoms with E-state index in [1.165, 1.54) is 7.11 Å². The minimum Gasteiger partial charge on any atom is -0.465 e. The summed E-state index contributed by atoms with van der Waals surface area (Å²) >= 11 is 6.22.